The molecule has 2 heterocycles. The molecule has 17 heavy (non-hydrogen) atoms. The SMILES string of the molecule is C[C@H]1CN(CC(=O)N2CCCCCC2)CCN1. The molecule has 1 atom stereocenters. The summed E-state index contributed by atoms with van der Waals surface area (Å²) in [6.45, 7) is 7.76. The minimum absolute atomic E-state index is 0.334. The van der Waals surface area contributed by atoms with Crippen LogP contribution >= 0.6 is 0 Å². The zero-order chi connectivity index (χ0) is 12.1. The van der Waals surface area contributed by atoms with Crippen molar-refractivity contribution in [3.05, 3.63) is 0 Å². The van der Waals surface area contributed by atoms with Crippen LogP contribution < -0.4 is 5.32 Å². The molecule has 0 aromatic heterocycles. The maximum atomic E-state index is 12.2. The third-order valence-electron chi connectivity index (χ3n) is 3.77. The van der Waals surface area contributed by atoms with E-state index in [-0.39, 0.29) is 0 Å². The highest BCUT2D eigenvalue weighted by molar-refractivity contribution is 5.78. The number of amides is 1. The molecule has 98 valence electrons. The second-order valence-corrected chi connectivity index (χ2v) is 5.39. The van der Waals surface area contributed by atoms with Gasteiger partial charge < -0.3 is 10.2 Å². The van der Waals surface area contributed by atoms with Crippen molar-refractivity contribution >= 4 is 5.91 Å². The third kappa shape index (κ3) is 3.96. The summed E-state index contributed by atoms with van der Waals surface area (Å²) in [6, 6.07) is 0.515. The number of likely N-dealkylation sites (tertiary alicyclic amines) is 1. The van der Waals surface area contributed by atoms with Crippen LogP contribution in [0.4, 0.5) is 0 Å². The predicted molar refractivity (Wildman–Crippen MR) is 69.0 cm³/mol. The molecule has 0 aromatic carbocycles. The molecule has 2 rings (SSSR count). The van der Waals surface area contributed by atoms with Crippen molar-refractivity contribution in [2.75, 3.05) is 39.3 Å². The zero-order valence-corrected chi connectivity index (χ0v) is 11.0. The largest absolute Gasteiger partial charge is 0.342 e. The van der Waals surface area contributed by atoms with E-state index in [1.165, 1.54) is 25.7 Å². The highest BCUT2D eigenvalue weighted by Crippen LogP contribution is 2.10. The first kappa shape index (κ1) is 12.8. The summed E-state index contributed by atoms with van der Waals surface area (Å²) in [5.74, 6) is 0.334. The zero-order valence-electron chi connectivity index (χ0n) is 11.0. The second kappa shape index (κ2) is 6.36. The molecule has 0 unspecified atom stereocenters. The van der Waals surface area contributed by atoms with Gasteiger partial charge in [0.15, 0.2) is 0 Å². The molecule has 2 aliphatic heterocycles. The number of carbonyl (C=O) groups excluding carboxylic acids is 1. The minimum atomic E-state index is 0.334. The molecular formula is C13H25N3O. The molecule has 0 radical (unpaired) electrons. The van der Waals surface area contributed by atoms with Crippen molar-refractivity contribution in [1.29, 1.82) is 0 Å². The standard InChI is InChI=1S/C13H25N3O/c1-12-10-15(9-6-14-12)11-13(17)16-7-4-2-3-5-8-16/h12,14H,2-11H2,1H3/t12-/m0/s1. The van der Waals surface area contributed by atoms with Crippen LogP contribution in [0, 0.1) is 0 Å². The fraction of sp³-hybridized carbons (Fsp3) is 0.923. The predicted octanol–water partition coefficient (Wildman–Crippen LogP) is 0.683. The van der Waals surface area contributed by atoms with Crippen LogP contribution in [0.5, 0.6) is 0 Å². The van der Waals surface area contributed by atoms with Crippen LogP contribution in [0.25, 0.3) is 0 Å². The Kier molecular flexibility index (Phi) is 4.80. The number of piperazine rings is 1. The van der Waals surface area contributed by atoms with Gasteiger partial charge in [0.05, 0.1) is 6.54 Å². The molecule has 0 bridgehead atoms. The lowest BCUT2D eigenvalue weighted by molar-refractivity contribution is -0.132. The number of hydrogen-bond donors (Lipinski definition) is 1. The van der Waals surface area contributed by atoms with Crippen molar-refractivity contribution in [2.24, 2.45) is 0 Å². The van der Waals surface area contributed by atoms with Gasteiger partial charge in [-0.2, -0.15) is 0 Å². The maximum absolute atomic E-state index is 12.2. The summed E-state index contributed by atoms with van der Waals surface area (Å²) in [4.78, 5) is 16.5. The molecule has 4 nitrogen and oxygen atoms in total. The Morgan fingerprint density at radius 2 is 1.88 bits per heavy atom. The van der Waals surface area contributed by atoms with Crippen molar-refractivity contribution in [3.63, 3.8) is 0 Å². The van der Waals surface area contributed by atoms with Crippen LogP contribution in [0.15, 0.2) is 0 Å². The summed E-state index contributed by atoms with van der Waals surface area (Å²) in [5, 5.41) is 3.41. The van der Waals surface area contributed by atoms with Gasteiger partial charge >= 0.3 is 0 Å². The Balaban J connectivity index is 1.78. The molecule has 1 amide bonds. The quantitative estimate of drug-likeness (QED) is 0.770. The average molecular weight is 239 g/mol. The number of carbonyl (C=O) groups is 1. The van der Waals surface area contributed by atoms with Crippen molar-refractivity contribution in [3.8, 4) is 0 Å². The van der Waals surface area contributed by atoms with E-state index in [1.54, 1.807) is 0 Å². The van der Waals surface area contributed by atoms with Gasteiger partial charge in [-0.05, 0) is 19.8 Å². The smallest absolute Gasteiger partial charge is 0.236 e. The number of hydrogen-bond acceptors (Lipinski definition) is 3. The van der Waals surface area contributed by atoms with E-state index in [4.69, 9.17) is 0 Å². The molecule has 2 saturated heterocycles. The highest BCUT2D eigenvalue weighted by atomic mass is 16.2. The average Bonchev–Trinajstić information content (AvgIpc) is 2.57. The van der Waals surface area contributed by atoms with E-state index in [0.717, 1.165) is 32.7 Å². The lowest BCUT2D eigenvalue weighted by atomic mass is 10.2. The number of nitrogens with zero attached hydrogens (tertiary/aromatic N) is 2. The van der Waals surface area contributed by atoms with E-state index >= 15 is 0 Å². The molecule has 2 fully saturated rings. The van der Waals surface area contributed by atoms with E-state index < -0.39 is 0 Å². The first-order chi connectivity index (χ1) is 8.25. The Morgan fingerprint density at radius 3 is 2.53 bits per heavy atom. The van der Waals surface area contributed by atoms with Gasteiger partial charge in [-0.25, -0.2) is 0 Å². The first-order valence-electron chi connectivity index (χ1n) is 6.99. The molecule has 2 aliphatic rings. The van der Waals surface area contributed by atoms with Crippen LogP contribution in [0.2, 0.25) is 0 Å². The van der Waals surface area contributed by atoms with Gasteiger partial charge in [0.2, 0.25) is 5.91 Å². The number of rotatable bonds is 2. The molecule has 4 heteroatoms. The summed E-state index contributed by atoms with van der Waals surface area (Å²) in [5.41, 5.74) is 0. The minimum Gasteiger partial charge on any atom is -0.342 e. The molecule has 0 aliphatic carbocycles. The lowest BCUT2D eigenvalue weighted by Crippen LogP contribution is -2.52. The van der Waals surface area contributed by atoms with Gasteiger partial charge in [0, 0.05) is 38.8 Å². The van der Waals surface area contributed by atoms with Gasteiger partial charge in [-0.15, -0.1) is 0 Å². The molecule has 0 spiro atoms. The van der Waals surface area contributed by atoms with Gasteiger partial charge in [0.1, 0.15) is 0 Å². The van der Waals surface area contributed by atoms with Gasteiger partial charge in [-0.3, -0.25) is 9.69 Å². The first-order valence-corrected chi connectivity index (χ1v) is 6.99. The van der Waals surface area contributed by atoms with E-state index in [1.807, 2.05) is 0 Å². The Morgan fingerprint density at radius 1 is 1.18 bits per heavy atom. The normalized spacial score (nSPS) is 27.8. The summed E-state index contributed by atoms with van der Waals surface area (Å²) < 4.78 is 0. The third-order valence-corrected chi connectivity index (χ3v) is 3.77. The fourth-order valence-corrected chi connectivity index (χ4v) is 2.77. The van der Waals surface area contributed by atoms with Crippen molar-refractivity contribution < 1.29 is 4.79 Å². The Bertz CT molecular complexity index is 249. The molecule has 1 N–H and O–H groups in total. The molecule has 0 aromatic rings. The van der Waals surface area contributed by atoms with Crippen LogP contribution in [0.3, 0.4) is 0 Å². The van der Waals surface area contributed by atoms with Crippen molar-refractivity contribution in [2.45, 2.75) is 38.6 Å². The summed E-state index contributed by atoms with van der Waals surface area (Å²) in [6.07, 6.45) is 4.94. The summed E-state index contributed by atoms with van der Waals surface area (Å²) in [7, 11) is 0. The van der Waals surface area contributed by atoms with E-state index in [9.17, 15) is 4.79 Å². The molecule has 0 saturated carbocycles. The maximum Gasteiger partial charge on any atom is 0.236 e. The second-order valence-electron chi connectivity index (χ2n) is 5.39. The topological polar surface area (TPSA) is 35.6 Å². The fourth-order valence-electron chi connectivity index (χ4n) is 2.77. The van der Waals surface area contributed by atoms with Crippen LogP contribution in [0.1, 0.15) is 32.6 Å². The van der Waals surface area contributed by atoms with Crippen LogP contribution in [-0.4, -0.2) is 61.0 Å². The van der Waals surface area contributed by atoms with Gasteiger partial charge in [0.25, 0.3) is 0 Å². The van der Waals surface area contributed by atoms with Crippen molar-refractivity contribution in [1.82, 2.24) is 15.1 Å². The number of nitrogens with one attached hydrogen (secondary N) is 1. The monoisotopic (exact) mass is 239 g/mol. The molecular weight excluding hydrogens is 214 g/mol. The van der Waals surface area contributed by atoms with E-state index in [2.05, 4.69) is 22.0 Å². The summed E-state index contributed by atoms with van der Waals surface area (Å²) >= 11 is 0. The Hall–Kier alpha value is -0.610. The lowest BCUT2D eigenvalue weighted by Gasteiger charge is -2.32. The van der Waals surface area contributed by atoms with Gasteiger partial charge in [-0.1, -0.05) is 12.8 Å². The highest BCUT2D eigenvalue weighted by Gasteiger charge is 2.21. The van der Waals surface area contributed by atoms with E-state index in [0.29, 0.717) is 18.5 Å². The Labute approximate surface area is 104 Å². The van der Waals surface area contributed by atoms with Crippen LogP contribution in [-0.2, 0) is 4.79 Å².